The smallest absolute Gasteiger partial charge is 0.239 e. The van der Waals surface area contributed by atoms with Gasteiger partial charge in [-0.25, -0.2) is 8.42 Å². The van der Waals surface area contributed by atoms with Crippen molar-refractivity contribution < 1.29 is 18.0 Å². The summed E-state index contributed by atoms with van der Waals surface area (Å²) in [7, 11) is -3.07. The van der Waals surface area contributed by atoms with Gasteiger partial charge in [0.05, 0.1) is 24.5 Å². The van der Waals surface area contributed by atoms with Gasteiger partial charge in [0, 0.05) is 22.6 Å². The third-order valence-corrected chi connectivity index (χ3v) is 6.53. The Morgan fingerprint density at radius 3 is 2.44 bits per heavy atom. The summed E-state index contributed by atoms with van der Waals surface area (Å²) in [6.07, 6.45) is 0.404. The Balaban J connectivity index is 1.95. The van der Waals surface area contributed by atoms with E-state index in [0.29, 0.717) is 28.6 Å². The SMILES string of the molecule is CCN(CC(=O)NC1CCS(=O)(=O)C1)C(=O)Cc1c(Cl)cccc1Cl. The van der Waals surface area contributed by atoms with Gasteiger partial charge in [0.1, 0.15) is 0 Å². The van der Waals surface area contributed by atoms with Crippen LogP contribution in [0.1, 0.15) is 18.9 Å². The summed E-state index contributed by atoms with van der Waals surface area (Å²) in [6, 6.07) is 4.61. The molecule has 1 N–H and O–H groups in total. The molecule has 1 atom stereocenters. The average molecular weight is 407 g/mol. The molecule has 138 valence electrons. The Labute approximate surface area is 157 Å². The first-order valence-corrected chi connectivity index (χ1v) is 10.5. The van der Waals surface area contributed by atoms with Crippen LogP contribution in [0.15, 0.2) is 18.2 Å². The van der Waals surface area contributed by atoms with E-state index in [-0.39, 0.29) is 42.3 Å². The number of carbonyl (C=O) groups is 2. The maximum absolute atomic E-state index is 12.5. The van der Waals surface area contributed by atoms with Crippen molar-refractivity contribution in [3.05, 3.63) is 33.8 Å². The second-order valence-electron chi connectivity index (χ2n) is 5.95. The van der Waals surface area contributed by atoms with Gasteiger partial charge in [0.25, 0.3) is 0 Å². The maximum Gasteiger partial charge on any atom is 0.239 e. The molecule has 1 aliphatic heterocycles. The van der Waals surface area contributed by atoms with Crippen LogP contribution in [-0.4, -0.2) is 55.8 Å². The molecule has 0 aliphatic carbocycles. The molecule has 0 spiro atoms. The van der Waals surface area contributed by atoms with Crippen molar-refractivity contribution in [2.24, 2.45) is 0 Å². The Morgan fingerprint density at radius 1 is 1.28 bits per heavy atom. The van der Waals surface area contributed by atoms with Gasteiger partial charge in [-0.2, -0.15) is 0 Å². The summed E-state index contributed by atoms with van der Waals surface area (Å²) in [6.45, 7) is 1.98. The molecule has 2 rings (SSSR count). The molecule has 1 fully saturated rings. The Hall–Kier alpha value is -1.31. The van der Waals surface area contributed by atoms with Crippen LogP contribution in [-0.2, 0) is 25.8 Å². The summed E-state index contributed by atoms with van der Waals surface area (Å²) in [4.78, 5) is 26.0. The van der Waals surface area contributed by atoms with Crippen molar-refractivity contribution >= 4 is 44.9 Å². The van der Waals surface area contributed by atoms with E-state index in [1.807, 2.05) is 0 Å². The lowest BCUT2D eigenvalue weighted by Crippen LogP contribution is -2.45. The zero-order chi connectivity index (χ0) is 18.6. The number of hydrogen-bond acceptors (Lipinski definition) is 4. The highest BCUT2D eigenvalue weighted by Crippen LogP contribution is 2.25. The third-order valence-electron chi connectivity index (χ3n) is 4.06. The van der Waals surface area contributed by atoms with Crippen LogP contribution in [0.25, 0.3) is 0 Å². The second kappa shape index (κ2) is 8.38. The fraction of sp³-hybridized carbons (Fsp3) is 0.500. The number of amides is 2. The van der Waals surface area contributed by atoms with E-state index < -0.39 is 9.84 Å². The molecule has 1 heterocycles. The molecule has 0 radical (unpaired) electrons. The van der Waals surface area contributed by atoms with Crippen LogP contribution in [0.2, 0.25) is 10.0 Å². The lowest BCUT2D eigenvalue weighted by atomic mass is 10.1. The number of nitrogens with zero attached hydrogens (tertiary/aromatic N) is 1. The van der Waals surface area contributed by atoms with Gasteiger partial charge < -0.3 is 10.2 Å². The molecule has 1 saturated heterocycles. The Morgan fingerprint density at radius 2 is 1.92 bits per heavy atom. The van der Waals surface area contributed by atoms with Gasteiger partial charge in [-0.1, -0.05) is 29.3 Å². The highest BCUT2D eigenvalue weighted by molar-refractivity contribution is 7.91. The summed E-state index contributed by atoms with van der Waals surface area (Å²) >= 11 is 12.2. The third kappa shape index (κ3) is 5.59. The van der Waals surface area contributed by atoms with E-state index in [0.717, 1.165) is 0 Å². The van der Waals surface area contributed by atoms with Crippen molar-refractivity contribution in [2.45, 2.75) is 25.8 Å². The van der Waals surface area contributed by atoms with E-state index in [4.69, 9.17) is 23.2 Å². The number of likely N-dealkylation sites (N-methyl/N-ethyl adjacent to an activating group) is 1. The quantitative estimate of drug-likeness (QED) is 0.778. The lowest BCUT2D eigenvalue weighted by molar-refractivity contribution is -0.135. The van der Waals surface area contributed by atoms with Crippen LogP contribution >= 0.6 is 23.2 Å². The summed E-state index contributed by atoms with van der Waals surface area (Å²) in [5, 5.41) is 3.48. The Kier molecular flexibility index (Phi) is 6.71. The molecular weight excluding hydrogens is 387 g/mol. The van der Waals surface area contributed by atoms with Gasteiger partial charge in [0.2, 0.25) is 11.8 Å². The first-order valence-electron chi connectivity index (χ1n) is 7.92. The van der Waals surface area contributed by atoms with Gasteiger partial charge in [-0.15, -0.1) is 0 Å². The number of benzene rings is 1. The summed E-state index contributed by atoms with van der Waals surface area (Å²) < 4.78 is 22.9. The van der Waals surface area contributed by atoms with Gasteiger partial charge >= 0.3 is 0 Å². The number of carbonyl (C=O) groups excluding carboxylic acids is 2. The largest absolute Gasteiger partial charge is 0.351 e. The fourth-order valence-corrected chi connectivity index (χ4v) is 4.90. The molecule has 9 heteroatoms. The average Bonchev–Trinajstić information content (AvgIpc) is 2.87. The Bertz CT molecular complexity index is 747. The van der Waals surface area contributed by atoms with E-state index in [9.17, 15) is 18.0 Å². The molecule has 1 aliphatic rings. The molecule has 0 saturated carbocycles. The van der Waals surface area contributed by atoms with Gasteiger partial charge in [-0.05, 0) is 31.0 Å². The van der Waals surface area contributed by atoms with Crippen molar-refractivity contribution in [3.63, 3.8) is 0 Å². The van der Waals surface area contributed by atoms with Crippen LogP contribution < -0.4 is 5.32 Å². The van der Waals surface area contributed by atoms with E-state index in [2.05, 4.69) is 5.32 Å². The monoisotopic (exact) mass is 406 g/mol. The highest BCUT2D eigenvalue weighted by Gasteiger charge is 2.29. The predicted molar refractivity (Wildman–Crippen MR) is 97.6 cm³/mol. The van der Waals surface area contributed by atoms with E-state index in [1.54, 1.807) is 25.1 Å². The number of halogens is 2. The lowest BCUT2D eigenvalue weighted by Gasteiger charge is -2.22. The molecule has 1 unspecified atom stereocenters. The summed E-state index contributed by atoms with van der Waals surface area (Å²) in [5.74, 6) is -0.609. The number of hydrogen-bond donors (Lipinski definition) is 1. The highest BCUT2D eigenvalue weighted by atomic mass is 35.5. The van der Waals surface area contributed by atoms with Crippen LogP contribution in [0, 0.1) is 0 Å². The van der Waals surface area contributed by atoms with E-state index in [1.165, 1.54) is 4.90 Å². The molecule has 25 heavy (non-hydrogen) atoms. The maximum atomic E-state index is 12.5. The molecular formula is C16H20Cl2N2O4S. The molecule has 0 aromatic heterocycles. The first kappa shape index (κ1) is 20.0. The molecule has 2 amide bonds. The standard InChI is InChI=1S/C16H20Cl2N2O4S/c1-2-20(9-15(21)19-11-6-7-25(23,24)10-11)16(22)8-12-13(17)4-3-5-14(12)18/h3-5,11H,2,6-10H2,1H3,(H,19,21). The van der Waals surface area contributed by atoms with Crippen molar-refractivity contribution in [1.29, 1.82) is 0 Å². The van der Waals surface area contributed by atoms with Crippen LogP contribution in [0.5, 0.6) is 0 Å². The number of sulfone groups is 1. The zero-order valence-electron chi connectivity index (χ0n) is 13.8. The molecule has 1 aromatic carbocycles. The first-order chi connectivity index (χ1) is 11.7. The van der Waals surface area contributed by atoms with Crippen molar-refractivity contribution in [2.75, 3.05) is 24.6 Å². The van der Waals surface area contributed by atoms with Crippen molar-refractivity contribution in [1.82, 2.24) is 10.2 Å². The normalized spacial score (nSPS) is 18.8. The van der Waals surface area contributed by atoms with E-state index >= 15 is 0 Å². The molecule has 1 aromatic rings. The minimum absolute atomic E-state index is 0.00255. The minimum atomic E-state index is -3.07. The second-order valence-corrected chi connectivity index (χ2v) is 9.00. The predicted octanol–water partition coefficient (Wildman–Crippen LogP) is 1.69. The van der Waals surface area contributed by atoms with Crippen LogP contribution in [0.3, 0.4) is 0 Å². The molecule has 6 nitrogen and oxygen atoms in total. The zero-order valence-corrected chi connectivity index (χ0v) is 16.1. The van der Waals surface area contributed by atoms with Gasteiger partial charge in [-0.3, -0.25) is 9.59 Å². The minimum Gasteiger partial charge on any atom is -0.351 e. The van der Waals surface area contributed by atoms with Gasteiger partial charge in [0.15, 0.2) is 9.84 Å². The van der Waals surface area contributed by atoms with Crippen molar-refractivity contribution in [3.8, 4) is 0 Å². The fourth-order valence-electron chi connectivity index (χ4n) is 2.70. The topological polar surface area (TPSA) is 83.6 Å². The number of nitrogens with one attached hydrogen (secondary N) is 1. The number of rotatable bonds is 6. The van der Waals surface area contributed by atoms with Crippen LogP contribution in [0.4, 0.5) is 0 Å². The molecule has 0 bridgehead atoms. The summed E-state index contributed by atoms with van der Waals surface area (Å²) in [5.41, 5.74) is 0.525.